The number of carbonyl (C=O) groups is 3. The first-order valence-electron chi connectivity index (χ1n) is 9.48. The van der Waals surface area contributed by atoms with Crippen molar-refractivity contribution in [3.8, 4) is 11.5 Å². The Kier molecular flexibility index (Phi) is 6.94. The minimum absolute atomic E-state index is 0.196. The summed E-state index contributed by atoms with van der Waals surface area (Å²) in [5, 5.41) is 3.12. The number of hydrogen-bond donors (Lipinski definition) is 1. The fourth-order valence-electron chi connectivity index (χ4n) is 3.21. The van der Waals surface area contributed by atoms with Crippen LogP contribution in [0.3, 0.4) is 0 Å². The summed E-state index contributed by atoms with van der Waals surface area (Å²) in [6.07, 6.45) is 2.63. The van der Waals surface area contributed by atoms with Gasteiger partial charge in [-0.1, -0.05) is 0 Å². The highest BCUT2D eigenvalue weighted by Crippen LogP contribution is 2.39. The first kappa shape index (κ1) is 21.6. The maximum Gasteiger partial charge on any atom is 0.341 e. The van der Waals surface area contributed by atoms with E-state index in [1.54, 1.807) is 13.0 Å². The van der Waals surface area contributed by atoms with Gasteiger partial charge in [-0.2, -0.15) is 0 Å². The van der Waals surface area contributed by atoms with Gasteiger partial charge in [0.1, 0.15) is 16.5 Å². The van der Waals surface area contributed by atoms with Crippen molar-refractivity contribution >= 4 is 34.2 Å². The lowest BCUT2D eigenvalue weighted by molar-refractivity contribution is -0.119. The molecule has 8 nitrogen and oxygen atoms in total. The average molecular weight is 433 g/mol. The van der Waals surface area contributed by atoms with Gasteiger partial charge in [-0.25, -0.2) is 9.59 Å². The van der Waals surface area contributed by atoms with Crippen molar-refractivity contribution in [2.24, 2.45) is 0 Å². The fraction of sp³-hybridized carbons (Fsp3) is 0.381. The molecule has 3 rings (SSSR count). The van der Waals surface area contributed by atoms with Gasteiger partial charge in [-0.3, -0.25) is 4.79 Å². The van der Waals surface area contributed by atoms with Gasteiger partial charge in [0.05, 0.1) is 32.0 Å². The molecule has 0 bridgehead atoms. The molecule has 0 radical (unpaired) electrons. The molecule has 0 atom stereocenters. The largest absolute Gasteiger partial charge is 0.497 e. The number of methoxy groups -OCH3 is 2. The number of rotatable bonds is 8. The van der Waals surface area contributed by atoms with Gasteiger partial charge < -0.3 is 24.3 Å². The standard InChI is InChI=1S/C21H23NO7S/c1-4-28-21(25)18-15-6-5-7-16(15)30-19(18)22-17(23)11-29-20(24)12-8-13(26-2)10-14(9-12)27-3/h8-10H,4-7,11H2,1-3H3,(H,22,23). The van der Waals surface area contributed by atoms with Crippen LogP contribution in [0.5, 0.6) is 11.5 Å². The van der Waals surface area contributed by atoms with Crippen molar-refractivity contribution in [3.63, 3.8) is 0 Å². The molecule has 30 heavy (non-hydrogen) atoms. The molecule has 9 heteroatoms. The maximum absolute atomic E-state index is 12.4. The highest BCUT2D eigenvalue weighted by atomic mass is 32.1. The molecule has 1 aliphatic carbocycles. The van der Waals surface area contributed by atoms with Crippen LogP contribution in [0.15, 0.2) is 18.2 Å². The van der Waals surface area contributed by atoms with Gasteiger partial charge in [-0.05, 0) is 43.9 Å². The van der Waals surface area contributed by atoms with Crippen molar-refractivity contribution < 1.29 is 33.3 Å². The van der Waals surface area contributed by atoms with Gasteiger partial charge in [0, 0.05) is 10.9 Å². The smallest absolute Gasteiger partial charge is 0.341 e. The predicted molar refractivity (Wildman–Crippen MR) is 111 cm³/mol. The van der Waals surface area contributed by atoms with Crippen LogP contribution in [0.25, 0.3) is 0 Å². The molecule has 2 aromatic rings. The van der Waals surface area contributed by atoms with E-state index >= 15 is 0 Å². The Balaban J connectivity index is 1.67. The van der Waals surface area contributed by atoms with Gasteiger partial charge >= 0.3 is 11.9 Å². The zero-order chi connectivity index (χ0) is 21.7. The minimum Gasteiger partial charge on any atom is -0.497 e. The molecule has 160 valence electrons. The number of hydrogen-bond acceptors (Lipinski definition) is 8. The summed E-state index contributed by atoms with van der Waals surface area (Å²) < 4.78 is 20.5. The molecule has 1 aromatic heterocycles. The molecule has 0 aliphatic heterocycles. The number of amides is 1. The van der Waals surface area contributed by atoms with E-state index in [0.717, 1.165) is 29.7 Å². The van der Waals surface area contributed by atoms with Crippen molar-refractivity contribution in [3.05, 3.63) is 39.8 Å². The van der Waals surface area contributed by atoms with Gasteiger partial charge in [-0.15, -0.1) is 11.3 Å². The molecular weight excluding hydrogens is 410 g/mol. The molecule has 0 unspecified atom stereocenters. The molecule has 0 saturated heterocycles. The third-order valence-corrected chi connectivity index (χ3v) is 5.78. The molecule has 1 N–H and O–H groups in total. The molecular formula is C21H23NO7S. The van der Waals surface area contributed by atoms with Crippen LogP contribution in [0.1, 0.15) is 44.5 Å². The number of aryl methyl sites for hydroxylation is 1. The second-order valence-corrected chi connectivity index (χ2v) is 7.61. The Bertz CT molecular complexity index is 944. The summed E-state index contributed by atoms with van der Waals surface area (Å²) in [5.74, 6) is -0.825. The molecule has 0 fully saturated rings. The number of esters is 2. The summed E-state index contributed by atoms with van der Waals surface area (Å²) in [5.41, 5.74) is 1.54. The lowest BCUT2D eigenvalue weighted by Crippen LogP contribution is -2.22. The number of thiophene rings is 1. The van der Waals surface area contributed by atoms with Crippen LogP contribution in [0, 0.1) is 0 Å². The fourth-order valence-corrected chi connectivity index (χ4v) is 4.51. The van der Waals surface area contributed by atoms with Crippen molar-refractivity contribution in [2.75, 3.05) is 32.8 Å². The minimum atomic E-state index is -0.693. The van der Waals surface area contributed by atoms with E-state index in [4.69, 9.17) is 18.9 Å². The lowest BCUT2D eigenvalue weighted by Gasteiger charge is -2.10. The number of ether oxygens (including phenoxy) is 4. The lowest BCUT2D eigenvalue weighted by atomic mass is 10.1. The van der Waals surface area contributed by atoms with E-state index in [2.05, 4.69) is 5.32 Å². The molecule has 1 heterocycles. The first-order valence-corrected chi connectivity index (χ1v) is 10.3. The molecule has 1 aliphatic rings. The zero-order valence-corrected chi connectivity index (χ0v) is 17.9. The SMILES string of the molecule is CCOC(=O)c1c(NC(=O)COC(=O)c2cc(OC)cc(OC)c2)sc2c1CCC2. The van der Waals surface area contributed by atoms with E-state index in [9.17, 15) is 14.4 Å². The second-order valence-electron chi connectivity index (χ2n) is 6.51. The van der Waals surface area contributed by atoms with Crippen LogP contribution in [0.2, 0.25) is 0 Å². The third kappa shape index (κ3) is 4.73. The summed E-state index contributed by atoms with van der Waals surface area (Å²) in [4.78, 5) is 38.1. The number of benzene rings is 1. The Hall–Kier alpha value is -3.07. The molecule has 0 saturated carbocycles. The van der Waals surface area contributed by atoms with Gasteiger partial charge in [0.2, 0.25) is 0 Å². The normalized spacial score (nSPS) is 12.1. The van der Waals surface area contributed by atoms with Crippen molar-refractivity contribution in [1.82, 2.24) is 0 Å². The van der Waals surface area contributed by atoms with Crippen LogP contribution >= 0.6 is 11.3 Å². The van der Waals surface area contributed by atoms with Crippen molar-refractivity contribution in [2.45, 2.75) is 26.2 Å². The van der Waals surface area contributed by atoms with Gasteiger partial charge in [0.25, 0.3) is 5.91 Å². The van der Waals surface area contributed by atoms with Crippen LogP contribution in [0.4, 0.5) is 5.00 Å². The summed E-state index contributed by atoms with van der Waals surface area (Å²) in [6.45, 7) is 1.48. The molecule has 1 amide bonds. The highest BCUT2D eigenvalue weighted by molar-refractivity contribution is 7.17. The predicted octanol–water partition coefficient (Wildman–Crippen LogP) is 3.23. The van der Waals surface area contributed by atoms with Crippen LogP contribution in [-0.4, -0.2) is 45.3 Å². The van der Waals surface area contributed by atoms with E-state index in [1.165, 1.54) is 37.7 Å². The zero-order valence-electron chi connectivity index (χ0n) is 17.0. The van der Waals surface area contributed by atoms with E-state index in [-0.39, 0.29) is 12.2 Å². The number of anilines is 1. The Labute approximate surface area is 178 Å². The molecule has 0 spiro atoms. The maximum atomic E-state index is 12.4. The van der Waals surface area contributed by atoms with E-state index < -0.39 is 24.5 Å². The second kappa shape index (κ2) is 9.62. The third-order valence-electron chi connectivity index (χ3n) is 4.58. The Morgan fingerprint density at radius 2 is 1.70 bits per heavy atom. The van der Waals surface area contributed by atoms with E-state index in [0.29, 0.717) is 22.1 Å². The van der Waals surface area contributed by atoms with Gasteiger partial charge in [0.15, 0.2) is 6.61 Å². The van der Waals surface area contributed by atoms with E-state index in [1.807, 2.05) is 0 Å². The number of carbonyl (C=O) groups excluding carboxylic acids is 3. The molecule has 1 aromatic carbocycles. The topological polar surface area (TPSA) is 100 Å². The number of nitrogens with one attached hydrogen (secondary N) is 1. The Morgan fingerprint density at radius 1 is 1.00 bits per heavy atom. The first-order chi connectivity index (χ1) is 14.5. The summed E-state index contributed by atoms with van der Waals surface area (Å²) in [7, 11) is 2.94. The van der Waals surface area contributed by atoms with Crippen LogP contribution < -0.4 is 14.8 Å². The monoisotopic (exact) mass is 433 g/mol. The highest BCUT2D eigenvalue weighted by Gasteiger charge is 2.28. The van der Waals surface area contributed by atoms with Crippen molar-refractivity contribution in [1.29, 1.82) is 0 Å². The summed E-state index contributed by atoms with van der Waals surface area (Å²) >= 11 is 1.37. The summed E-state index contributed by atoms with van der Waals surface area (Å²) in [6, 6.07) is 4.60. The quantitative estimate of drug-likeness (QED) is 0.638. The average Bonchev–Trinajstić information content (AvgIpc) is 3.32. The number of fused-ring (bicyclic) bond motifs is 1. The van der Waals surface area contributed by atoms with Crippen LogP contribution in [-0.2, 0) is 27.1 Å². The Morgan fingerprint density at radius 3 is 2.33 bits per heavy atom.